The van der Waals surface area contributed by atoms with E-state index >= 15 is 0 Å². The van der Waals surface area contributed by atoms with E-state index in [0.29, 0.717) is 0 Å². The molecule has 182 valence electrons. The van der Waals surface area contributed by atoms with Crippen LogP contribution >= 0.6 is 15.7 Å². The fourth-order valence-corrected chi connectivity index (χ4v) is 9.54. The Morgan fingerprint density at radius 3 is 1.53 bits per heavy atom. The van der Waals surface area contributed by atoms with Crippen molar-refractivity contribution < 1.29 is 25.2 Å². The van der Waals surface area contributed by atoms with Crippen molar-refractivity contribution in [1.29, 1.82) is 0 Å². The third-order valence-corrected chi connectivity index (χ3v) is 10.1. The van der Waals surface area contributed by atoms with Crippen molar-refractivity contribution in [2.75, 3.05) is 39.3 Å². The molecule has 0 radical (unpaired) electrons. The van der Waals surface area contributed by atoms with E-state index in [2.05, 4.69) is 23.6 Å². The van der Waals surface area contributed by atoms with Gasteiger partial charge in [-0.3, -0.25) is 0 Å². The number of fused-ring (bicyclic) bond motifs is 1. The Hall–Kier alpha value is -1.13. The van der Waals surface area contributed by atoms with Crippen molar-refractivity contribution in [3.05, 3.63) is 18.3 Å². The molecule has 2 aromatic heterocycles. The van der Waals surface area contributed by atoms with Crippen LogP contribution in [0.1, 0.15) is 38.5 Å². The Morgan fingerprint density at radius 2 is 1.12 bits per heavy atom. The van der Waals surface area contributed by atoms with Gasteiger partial charge in [0.05, 0.1) is 0 Å². The van der Waals surface area contributed by atoms with Crippen LogP contribution < -0.4 is 0 Å². The van der Waals surface area contributed by atoms with Gasteiger partial charge in [-0.1, -0.05) is 0 Å². The van der Waals surface area contributed by atoms with Crippen LogP contribution in [0.15, 0.2) is 18.3 Å². The summed E-state index contributed by atoms with van der Waals surface area (Å²) in [7, 11) is -12.6. The van der Waals surface area contributed by atoms with Crippen LogP contribution in [0.25, 0.3) is 11.2 Å². The fraction of sp³-hybridized carbons (Fsp3) is 0.706. The first-order valence-electron chi connectivity index (χ1n) is 10.7. The zero-order chi connectivity index (χ0) is 23.1. The van der Waals surface area contributed by atoms with Gasteiger partial charge in [-0.25, -0.2) is 4.98 Å². The zero-order valence-electron chi connectivity index (χ0n) is 17.5. The van der Waals surface area contributed by atoms with Crippen molar-refractivity contribution in [2.45, 2.75) is 38.5 Å². The van der Waals surface area contributed by atoms with Gasteiger partial charge < -0.3 is 0 Å². The summed E-state index contributed by atoms with van der Waals surface area (Å²) in [6.45, 7) is 7.05. The molecular weight excluding hydrogens is 478 g/mol. The van der Waals surface area contributed by atoms with Crippen LogP contribution in [0.5, 0.6) is 0 Å². The first-order chi connectivity index (χ1) is 14.9. The molecule has 0 spiro atoms. The van der Waals surface area contributed by atoms with Crippen LogP contribution in [-0.4, -0.2) is 73.0 Å². The van der Waals surface area contributed by atoms with Gasteiger partial charge >= 0.3 is 40.9 Å². The van der Waals surface area contributed by atoms with Crippen LogP contribution in [0.2, 0.25) is 0 Å². The molecule has 5 heterocycles. The van der Waals surface area contributed by atoms with Gasteiger partial charge in [0.25, 0.3) is 0 Å². The second-order valence-corrected chi connectivity index (χ2v) is 13.4. The smallest absolute Gasteiger partial charge is 0.232 e. The maximum absolute atomic E-state index is 10.7. The largest absolute Gasteiger partial charge is 0.357 e. The van der Waals surface area contributed by atoms with Gasteiger partial charge in [0.15, 0.2) is 0 Å². The van der Waals surface area contributed by atoms with Gasteiger partial charge in [-0.05, 0) is 60.3 Å². The van der Waals surface area contributed by atoms with Crippen molar-refractivity contribution in [3.63, 3.8) is 0 Å². The SMILES string of the molecule is F[P-](F)(F)(F)(F)F.c1cnc2c(c1)nnn2[P+](N1CCCC1)(N1CCCC1)N1CCCC1. The molecule has 3 aliphatic heterocycles. The van der Waals surface area contributed by atoms with Gasteiger partial charge in [-0.2, -0.15) is 0 Å². The minimum atomic E-state index is -10.7. The summed E-state index contributed by atoms with van der Waals surface area (Å²) in [6.07, 6.45) is 9.65. The van der Waals surface area contributed by atoms with Crippen LogP contribution in [0.4, 0.5) is 25.2 Å². The Kier molecular flexibility index (Phi) is 5.98. The molecule has 0 saturated carbocycles. The van der Waals surface area contributed by atoms with E-state index in [1.165, 1.54) is 77.8 Å². The molecule has 3 fully saturated rings. The van der Waals surface area contributed by atoms with E-state index < -0.39 is 15.7 Å². The first-order valence-corrected chi connectivity index (χ1v) is 14.4. The summed E-state index contributed by atoms with van der Waals surface area (Å²) in [5.41, 5.74) is 1.88. The van der Waals surface area contributed by atoms with Gasteiger partial charge in [0.2, 0.25) is 5.65 Å². The molecule has 0 aromatic carbocycles. The third-order valence-electron chi connectivity index (χ3n) is 5.83. The van der Waals surface area contributed by atoms with E-state index in [9.17, 15) is 25.2 Å². The predicted molar refractivity (Wildman–Crippen MR) is 114 cm³/mol. The number of pyridine rings is 1. The molecule has 2 aromatic rings. The molecule has 3 saturated heterocycles. The second kappa shape index (κ2) is 7.98. The minimum absolute atomic E-state index is 0.921. The first kappa shape index (κ1) is 24.0. The average molecular weight is 505 g/mol. The van der Waals surface area contributed by atoms with Crippen molar-refractivity contribution in [3.8, 4) is 0 Å². The molecule has 15 heteroatoms. The monoisotopic (exact) mass is 505 g/mol. The van der Waals surface area contributed by atoms with E-state index in [-0.39, 0.29) is 0 Å². The van der Waals surface area contributed by atoms with E-state index in [1.807, 2.05) is 18.3 Å². The summed E-state index contributed by atoms with van der Waals surface area (Å²) in [6, 6.07) is 4.00. The van der Waals surface area contributed by atoms with Crippen molar-refractivity contribution in [2.24, 2.45) is 0 Å². The quantitative estimate of drug-likeness (QED) is 0.374. The van der Waals surface area contributed by atoms with E-state index in [1.54, 1.807) is 0 Å². The van der Waals surface area contributed by atoms with Gasteiger partial charge in [0, 0.05) is 45.5 Å². The Labute approximate surface area is 182 Å². The number of halogens is 6. The number of aromatic nitrogens is 4. The second-order valence-electron chi connectivity index (χ2n) is 8.30. The molecular formula is C17H27F6N7P2. The zero-order valence-corrected chi connectivity index (χ0v) is 19.3. The van der Waals surface area contributed by atoms with Crippen LogP contribution in [0, 0.1) is 0 Å². The fourth-order valence-electron chi connectivity index (χ4n) is 4.74. The molecule has 0 N–H and O–H groups in total. The number of nitrogens with zero attached hydrogens (tertiary/aromatic N) is 7. The Morgan fingerprint density at radius 1 is 0.719 bits per heavy atom. The van der Waals surface area contributed by atoms with Gasteiger partial charge in [-0.15, -0.1) is 19.1 Å². The Bertz CT molecular complexity index is 884. The molecule has 7 nitrogen and oxygen atoms in total. The molecule has 0 amide bonds. The summed E-state index contributed by atoms with van der Waals surface area (Å²) < 4.78 is 69.7. The van der Waals surface area contributed by atoms with Crippen LogP contribution in [0.3, 0.4) is 0 Å². The number of rotatable bonds is 4. The number of hydrogen-bond acceptors (Lipinski definition) is 6. The molecule has 3 aliphatic rings. The van der Waals surface area contributed by atoms with Crippen molar-refractivity contribution in [1.82, 2.24) is 33.8 Å². The summed E-state index contributed by atoms with van der Waals surface area (Å²) in [5, 5.41) is 9.23. The predicted octanol–water partition coefficient (Wildman–Crippen LogP) is 6.02. The van der Waals surface area contributed by atoms with Crippen molar-refractivity contribution >= 4 is 26.8 Å². The Balaban J connectivity index is 0.000000307. The summed E-state index contributed by atoms with van der Waals surface area (Å²) >= 11 is 0. The standard InChI is InChI=1S/C17H27N7P.F6P/c1-2-11-21(10-1)25(22-12-3-4-13-22,23-14-5-6-15-23)24-17-16(19-20-24)8-7-9-18-17;1-7(2,3,4,5)6/h7-9H,1-6,10-15H2;/q+1;-1. The average Bonchev–Trinajstić information content (AvgIpc) is 3.48. The molecule has 32 heavy (non-hydrogen) atoms. The summed E-state index contributed by atoms with van der Waals surface area (Å²) in [4.78, 5) is 4.71. The summed E-state index contributed by atoms with van der Waals surface area (Å²) in [5.74, 6) is 0. The molecule has 0 atom stereocenters. The molecule has 0 unspecified atom stereocenters. The molecule has 0 aliphatic carbocycles. The molecule has 5 rings (SSSR count). The maximum atomic E-state index is 9.87. The topological polar surface area (TPSA) is 53.3 Å². The number of hydrogen-bond donors (Lipinski definition) is 0. The molecule has 0 bridgehead atoms. The third kappa shape index (κ3) is 5.50. The maximum Gasteiger partial charge on any atom is 0.357 e. The minimum Gasteiger partial charge on any atom is -0.232 e. The van der Waals surface area contributed by atoms with E-state index in [4.69, 9.17) is 10.2 Å². The van der Waals surface area contributed by atoms with Crippen LogP contribution in [-0.2, 0) is 0 Å². The van der Waals surface area contributed by atoms with E-state index in [0.717, 1.165) is 11.2 Å². The normalized spacial score (nSPS) is 23.8. The van der Waals surface area contributed by atoms with Gasteiger partial charge in [0.1, 0.15) is 5.52 Å².